The van der Waals surface area contributed by atoms with Crippen LogP contribution in [0.4, 0.5) is 11.4 Å². The second-order valence-corrected chi connectivity index (χ2v) is 21.5. The quantitative estimate of drug-likeness (QED) is 0.0843. The number of amides is 1. The number of hydrogen-bond acceptors (Lipinski definition) is 12. The van der Waals surface area contributed by atoms with E-state index in [2.05, 4.69) is 62.6 Å². The van der Waals surface area contributed by atoms with Crippen LogP contribution in [-0.4, -0.2) is 83.2 Å². The van der Waals surface area contributed by atoms with Gasteiger partial charge in [0.1, 0.15) is 29.9 Å². The summed E-state index contributed by atoms with van der Waals surface area (Å²) in [6.45, 7) is 9.21. The van der Waals surface area contributed by atoms with Crippen LogP contribution in [0.15, 0.2) is 84.0 Å². The Morgan fingerprint density at radius 1 is 1.02 bits per heavy atom. The molecule has 0 bridgehead atoms. The maximum absolute atomic E-state index is 14.1. The van der Waals surface area contributed by atoms with Gasteiger partial charge in [-0.25, -0.2) is 18.1 Å². The van der Waals surface area contributed by atoms with Gasteiger partial charge in [0.05, 0.1) is 27.2 Å². The van der Waals surface area contributed by atoms with Crippen LogP contribution in [0.2, 0.25) is 0 Å². The van der Waals surface area contributed by atoms with E-state index < -0.39 is 43.1 Å². The molecular formula is C50H58N6O9S. The van der Waals surface area contributed by atoms with E-state index in [1.807, 2.05) is 12.1 Å². The predicted octanol–water partition coefficient (Wildman–Crippen LogP) is 9.17. The Morgan fingerprint density at radius 3 is 2.55 bits per heavy atom. The molecule has 2 aliphatic carbocycles. The van der Waals surface area contributed by atoms with E-state index in [1.54, 1.807) is 31.3 Å². The van der Waals surface area contributed by atoms with Gasteiger partial charge in [-0.1, -0.05) is 38.1 Å². The van der Waals surface area contributed by atoms with Crippen LogP contribution < -0.4 is 23.8 Å². The minimum Gasteiger partial charge on any atom is -0.485 e. The van der Waals surface area contributed by atoms with Crippen molar-refractivity contribution in [2.75, 3.05) is 31.1 Å². The number of likely N-dealkylation sites (tertiary alicyclic amines) is 1. The Labute approximate surface area is 385 Å². The number of sulfonamides is 1. The van der Waals surface area contributed by atoms with Crippen LogP contribution in [-0.2, 0) is 10.0 Å². The Bertz CT molecular complexity index is 2770. The van der Waals surface area contributed by atoms with Crippen LogP contribution in [0, 0.1) is 21.4 Å². The molecule has 1 amide bonds. The number of nitro benzene ring substituents is 1. The average Bonchev–Trinajstić information content (AvgIpc) is 3.98. The first-order chi connectivity index (χ1) is 31.6. The molecule has 10 rings (SSSR count). The Hall–Kier alpha value is -5.71. The van der Waals surface area contributed by atoms with Gasteiger partial charge in [-0.2, -0.15) is 0 Å². The third kappa shape index (κ3) is 8.58. The van der Waals surface area contributed by atoms with Crippen LogP contribution >= 0.6 is 0 Å². The van der Waals surface area contributed by atoms with Crippen molar-refractivity contribution >= 4 is 38.3 Å². The van der Waals surface area contributed by atoms with E-state index in [-0.39, 0.29) is 35.3 Å². The van der Waals surface area contributed by atoms with Gasteiger partial charge in [-0.15, -0.1) is 0 Å². The average molecular weight is 919 g/mol. The number of nitrogens with zero attached hydrogens (tertiary/aromatic N) is 4. The van der Waals surface area contributed by atoms with Gasteiger partial charge in [0.25, 0.3) is 15.9 Å². The Kier molecular flexibility index (Phi) is 11.5. The summed E-state index contributed by atoms with van der Waals surface area (Å²) >= 11 is 0. The number of benzene rings is 3. The molecule has 3 aromatic carbocycles. The molecule has 2 saturated heterocycles. The molecule has 0 unspecified atom stereocenters. The smallest absolute Gasteiger partial charge is 0.316 e. The standard InChI is InChI=1S/C50H58N6O9S/c1-31(2)38-7-4-5-8-39(38)41-9-6-20-55(41)35-27-50(28-35)17-21-54(22-18-50)34-10-11-40(43(24-34)64-36-23-33-14-19-51-47(33)52-29-36)48(57)53-66(61,62)37-25-42(56(59)60)46-44(26-37)63-30-45(65-46)32-12-15-49(3,58)16-13-32/h4-5,7-8,10-11,14,19,23-26,29,31-32,35,41,45,58H,6,9,12-13,15-18,20-22,27-28,30H2,1-3H3,(H,51,52)(H,53,57)/t32?,41-,45+,49?/m1/s1. The molecule has 2 atom stereocenters. The highest BCUT2D eigenvalue weighted by Crippen LogP contribution is 2.54. The highest BCUT2D eigenvalue weighted by molar-refractivity contribution is 7.90. The molecule has 16 heteroatoms. The molecule has 5 aromatic rings. The van der Waals surface area contributed by atoms with Crippen molar-refractivity contribution in [1.29, 1.82) is 0 Å². The van der Waals surface area contributed by atoms with Gasteiger partial charge in [-0.3, -0.25) is 19.8 Å². The van der Waals surface area contributed by atoms with E-state index in [0.717, 1.165) is 55.7 Å². The largest absolute Gasteiger partial charge is 0.485 e. The number of ether oxygens (including phenoxy) is 3. The molecule has 5 heterocycles. The highest BCUT2D eigenvalue weighted by atomic mass is 32.2. The minimum absolute atomic E-state index is 0.00166. The summed E-state index contributed by atoms with van der Waals surface area (Å²) in [7, 11) is -4.68. The summed E-state index contributed by atoms with van der Waals surface area (Å²) in [5.41, 5.74) is 3.33. The number of hydrogen-bond donors (Lipinski definition) is 3. The van der Waals surface area contributed by atoms with Crippen molar-refractivity contribution < 1.29 is 37.5 Å². The first-order valence-corrected chi connectivity index (χ1v) is 24.9. The number of pyridine rings is 1. The number of nitro groups is 1. The zero-order valence-electron chi connectivity index (χ0n) is 37.7. The van der Waals surface area contributed by atoms with E-state index in [9.17, 15) is 28.4 Å². The van der Waals surface area contributed by atoms with Crippen molar-refractivity contribution in [2.24, 2.45) is 11.3 Å². The van der Waals surface area contributed by atoms with E-state index >= 15 is 0 Å². The maximum Gasteiger partial charge on any atom is 0.316 e. The van der Waals surface area contributed by atoms with Crippen molar-refractivity contribution in [2.45, 2.75) is 120 Å². The first-order valence-electron chi connectivity index (χ1n) is 23.4. The first kappa shape index (κ1) is 44.1. The lowest BCUT2D eigenvalue weighted by atomic mass is 9.59. The molecule has 4 fully saturated rings. The number of nitrogens with one attached hydrogen (secondary N) is 2. The fraction of sp³-hybridized carbons (Fsp3) is 0.480. The third-order valence-electron chi connectivity index (χ3n) is 15.1. The lowest BCUT2D eigenvalue weighted by molar-refractivity contribution is -0.386. The zero-order chi connectivity index (χ0) is 46.0. The topological polar surface area (TPSA) is 189 Å². The van der Waals surface area contributed by atoms with Crippen LogP contribution in [0.25, 0.3) is 11.0 Å². The molecule has 2 aromatic heterocycles. The maximum atomic E-state index is 14.1. The molecule has 66 heavy (non-hydrogen) atoms. The van der Waals surface area contributed by atoms with Gasteiger partial charge in [0, 0.05) is 60.6 Å². The lowest BCUT2D eigenvalue weighted by Gasteiger charge is -2.56. The van der Waals surface area contributed by atoms with Crippen molar-refractivity contribution in [3.8, 4) is 23.0 Å². The molecule has 15 nitrogen and oxygen atoms in total. The van der Waals surface area contributed by atoms with E-state index in [0.29, 0.717) is 60.5 Å². The summed E-state index contributed by atoms with van der Waals surface area (Å²) in [4.78, 5) is 37.8. The van der Waals surface area contributed by atoms with Crippen molar-refractivity contribution in [3.05, 3.63) is 106 Å². The number of aliphatic hydroxyl groups is 1. The van der Waals surface area contributed by atoms with Crippen LogP contribution in [0.5, 0.6) is 23.0 Å². The molecule has 5 aliphatic rings. The molecule has 2 saturated carbocycles. The normalized spacial score (nSPS) is 24.4. The summed E-state index contributed by atoms with van der Waals surface area (Å²) in [5.74, 6) is -0.281. The van der Waals surface area contributed by atoms with Gasteiger partial charge in [0.2, 0.25) is 5.75 Å². The molecule has 348 valence electrons. The number of aromatic nitrogens is 2. The van der Waals surface area contributed by atoms with E-state index in [1.165, 1.54) is 43.0 Å². The Morgan fingerprint density at radius 2 is 1.79 bits per heavy atom. The van der Waals surface area contributed by atoms with Crippen molar-refractivity contribution in [3.63, 3.8) is 0 Å². The highest BCUT2D eigenvalue weighted by Gasteiger charge is 2.50. The van der Waals surface area contributed by atoms with Crippen molar-refractivity contribution in [1.82, 2.24) is 19.6 Å². The number of fused-ring (bicyclic) bond motifs is 2. The fourth-order valence-corrected chi connectivity index (χ4v) is 12.3. The second-order valence-electron chi connectivity index (χ2n) is 19.9. The van der Waals surface area contributed by atoms with Crippen LogP contribution in [0.1, 0.15) is 118 Å². The summed E-state index contributed by atoms with van der Waals surface area (Å²) < 4.78 is 48.4. The summed E-state index contributed by atoms with van der Waals surface area (Å²) in [5, 5.41) is 23.6. The second kappa shape index (κ2) is 17.2. The number of piperidine rings is 1. The van der Waals surface area contributed by atoms with Crippen LogP contribution in [0.3, 0.4) is 0 Å². The minimum atomic E-state index is -4.68. The zero-order valence-corrected chi connectivity index (χ0v) is 38.5. The fourth-order valence-electron chi connectivity index (χ4n) is 11.3. The third-order valence-corrected chi connectivity index (χ3v) is 16.4. The summed E-state index contributed by atoms with van der Waals surface area (Å²) in [6.07, 6.45) is 12.1. The molecule has 3 aliphatic heterocycles. The number of carbonyl (C=O) groups excluding carboxylic acids is 1. The monoisotopic (exact) mass is 918 g/mol. The molecule has 3 N–H and O–H groups in total. The number of rotatable bonds is 11. The van der Waals surface area contributed by atoms with Gasteiger partial charge >= 0.3 is 5.69 Å². The molecule has 1 spiro atoms. The van der Waals surface area contributed by atoms with E-state index in [4.69, 9.17) is 14.2 Å². The molecular weight excluding hydrogens is 861 g/mol. The SMILES string of the molecule is CC(C)c1ccccc1[C@H]1CCCN1C1CC2(CCN(c3ccc(C(=O)NS(=O)(=O)c4cc5c(c([N+](=O)[O-])c4)O[C@H](C4CCC(C)(O)CC4)CO5)c(Oc4cnc5[nH]ccc5c4)c3)CC2)C1. The number of aromatic amines is 1. The van der Waals surface area contributed by atoms with Gasteiger partial charge in [-0.05, 0) is 130 Å². The Balaban J connectivity index is 0.855. The van der Waals surface area contributed by atoms with Gasteiger partial charge in [0.15, 0.2) is 5.75 Å². The van der Waals surface area contributed by atoms with Gasteiger partial charge < -0.3 is 29.2 Å². The predicted molar refractivity (Wildman–Crippen MR) is 249 cm³/mol. The summed E-state index contributed by atoms with van der Waals surface area (Å²) in [6, 6.07) is 20.8. The number of H-pyrrole nitrogens is 1. The number of anilines is 1. The lowest BCUT2D eigenvalue weighted by Crippen LogP contribution is -2.54. The molecule has 0 radical (unpaired) electrons. The number of carbonyl (C=O) groups is 1.